The van der Waals surface area contributed by atoms with Crippen LogP contribution in [0.25, 0.3) is 6.08 Å². The second-order valence-corrected chi connectivity index (χ2v) is 3.90. The summed E-state index contributed by atoms with van der Waals surface area (Å²) < 4.78 is 4.80. The summed E-state index contributed by atoms with van der Waals surface area (Å²) in [6, 6.07) is 4.24. The zero-order valence-electron chi connectivity index (χ0n) is 8.71. The maximum Gasteiger partial charge on any atom is 0.373 e. The first-order valence-corrected chi connectivity index (χ1v) is 5.18. The third-order valence-corrected chi connectivity index (χ3v) is 2.37. The number of carbonyl (C=O) groups is 1. The number of hydrogen-bond acceptors (Lipinski definition) is 5. The predicted molar refractivity (Wildman–Crippen MR) is 63.4 cm³/mol. The maximum atomic E-state index is 10.9. The Balaban J connectivity index is 3.23. The molecule has 17 heavy (non-hydrogen) atoms. The molecule has 6 nitrogen and oxygen atoms in total. The van der Waals surface area contributed by atoms with Gasteiger partial charge in [0.1, 0.15) is 0 Å². The van der Waals surface area contributed by atoms with E-state index in [0.29, 0.717) is 4.47 Å². The first-order valence-electron chi connectivity index (χ1n) is 4.38. The van der Waals surface area contributed by atoms with Crippen molar-refractivity contribution in [1.82, 2.24) is 0 Å². The summed E-state index contributed by atoms with van der Waals surface area (Å²) in [6.45, 7) is 0. The topological polar surface area (TPSA) is 89.7 Å². The van der Waals surface area contributed by atoms with E-state index in [0.717, 1.165) is 13.2 Å². The van der Waals surface area contributed by atoms with Gasteiger partial charge in [0.15, 0.2) is 0 Å². The van der Waals surface area contributed by atoms with Crippen LogP contribution >= 0.6 is 15.9 Å². The molecule has 0 aliphatic carbocycles. The summed E-state index contributed by atoms with van der Waals surface area (Å²) in [5.74, 6) is -1.65. The van der Waals surface area contributed by atoms with E-state index in [2.05, 4.69) is 20.7 Å². The van der Waals surface area contributed by atoms with Gasteiger partial charge in [-0.1, -0.05) is 15.9 Å². The summed E-state index contributed by atoms with van der Waals surface area (Å²) in [7, 11) is 1.10. The molecule has 1 aromatic carbocycles. The molecule has 0 aromatic heterocycles. The lowest BCUT2D eigenvalue weighted by Gasteiger charge is -2.00. The van der Waals surface area contributed by atoms with Gasteiger partial charge in [0.05, 0.1) is 17.6 Å². The van der Waals surface area contributed by atoms with Gasteiger partial charge >= 0.3 is 5.97 Å². The Morgan fingerprint density at radius 2 is 2.24 bits per heavy atom. The van der Waals surface area contributed by atoms with Crippen molar-refractivity contribution in [3.63, 3.8) is 0 Å². The number of halogens is 1. The van der Waals surface area contributed by atoms with Crippen molar-refractivity contribution in [3.05, 3.63) is 44.1 Å². The highest BCUT2D eigenvalue weighted by Gasteiger charge is 2.15. The zero-order chi connectivity index (χ0) is 13.0. The number of benzene rings is 1. The van der Waals surface area contributed by atoms with E-state index in [1.54, 1.807) is 6.07 Å². The van der Waals surface area contributed by atoms with Gasteiger partial charge in [-0.3, -0.25) is 10.1 Å². The smallest absolute Gasteiger partial charge is 0.373 e. The SMILES string of the molecule is COC(=O)/C(O)=C/c1ccc(Br)cc1[N+](=O)[O-]. The number of methoxy groups -OCH3 is 1. The highest BCUT2D eigenvalue weighted by atomic mass is 79.9. The molecule has 0 amide bonds. The molecule has 0 atom stereocenters. The van der Waals surface area contributed by atoms with Crippen molar-refractivity contribution >= 4 is 33.7 Å². The van der Waals surface area contributed by atoms with Gasteiger partial charge < -0.3 is 9.84 Å². The fraction of sp³-hybridized carbons (Fsp3) is 0.100. The van der Waals surface area contributed by atoms with Gasteiger partial charge in [-0.2, -0.15) is 0 Å². The molecular weight excluding hydrogens is 294 g/mol. The summed E-state index contributed by atoms with van der Waals surface area (Å²) in [6.07, 6.45) is 0.983. The molecular formula is C10H8BrNO5. The monoisotopic (exact) mass is 301 g/mol. The number of nitro groups is 1. The number of nitrogens with zero attached hydrogens (tertiary/aromatic N) is 1. The van der Waals surface area contributed by atoms with Gasteiger partial charge in [-0.05, 0) is 12.1 Å². The minimum Gasteiger partial charge on any atom is -0.502 e. The molecule has 0 saturated heterocycles. The molecule has 0 saturated carbocycles. The quantitative estimate of drug-likeness (QED) is 0.304. The molecule has 1 aromatic rings. The van der Waals surface area contributed by atoms with Crippen LogP contribution < -0.4 is 0 Å². The van der Waals surface area contributed by atoms with Crippen LogP contribution in [0.5, 0.6) is 0 Å². The highest BCUT2D eigenvalue weighted by Crippen LogP contribution is 2.25. The third kappa shape index (κ3) is 3.28. The summed E-state index contributed by atoms with van der Waals surface area (Å²) in [5, 5.41) is 20.1. The van der Waals surface area contributed by atoms with Crippen molar-refractivity contribution < 1.29 is 19.6 Å². The number of rotatable bonds is 3. The van der Waals surface area contributed by atoms with Crippen LogP contribution in [0.4, 0.5) is 5.69 Å². The Bertz CT molecular complexity index is 497. The average Bonchev–Trinajstić information content (AvgIpc) is 2.29. The Labute approximate surface area is 105 Å². The van der Waals surface area contributed by atoms with Crippen molar-refractivity contribution in [1.29, 1.82) is 0 Å². The van der Waals surface area contributed by atoms with Gasteiger partial charge in [0.2, 0.25) is 5.76 Å². The molecule has 7 heteroatoms. The second-order valence-electron chi connectivity index (χ2n) is 2.98. The van der Waals surface area contributed by atoms with Crippen molar-refractivity contribution in [2.24, 2.45) is 0 Å². The lowest BCUT2D eigenvalue weighted by Crippen LogP contribution is -2.03. The largest absolute Gasteiger partial charge is 0.502 e. The predicted octanol–water partition coefficient (Wildman–Crippen LogP) is 2.43. The molecule has 1 rings (SSSR count). The van der Waals surface area contributed by atoms with E-state index in [1.807, 2.05) is 0 Å². The number of nitro benzene ring substituents is 1. The van der Waals surface area contributed by atoms with E-state index in [9.17, 15) is 20.0 Å². The molecule has 90 valence electrons. The molecule has 0 radical (unpaired) electrons. The van der Waals surface area contributed by atoms with E-state index < -0.39 is 16.7 Å². The standard InChI is InChI=1S/C10H8BrNO5/c1-17-10(14)9(13)4-6-2-3-7(11)5-8(6)12(15)16/h2-5,13H,1H3/b9-4-. The number of aliphatic hydroxyl groups is 1. The first-order chi connectivity index (χ1) is 7.95. The zero-order valence-corrected chi connectivity index (χ0v) is 10.3. The molecule has 0 heterocycles. The number of ether oxygens (including phenoxy) is 1. The molecule has 0 spiro atoms. The lowest BCUT2D eigenvalue weighted by molar-refractivity contribution is -0.385. The fourth-order valence-electron chi connectivity index (χ4n) is 1.11. The summed E-state index contributed by atoms with van der Waals surface area (Å²) >= 11 is 3.09. The van der Waals surface area contributed by atoms with Gasteiger partial charge in [0.25, 0.3) is 5.69 Å². The van der Waals surface area contributed by atoms with Crippen LogP contribution in [0, 0.1) is 10.1 Å². The number of aliphatic hydroxyl groups excluding tert-OH is 1. The van der Waals surface area contributed by atoms with Crippen LogP contribution in [0.15, 0.2) is 28.4 Å². The summed E-state index contributed by atoms with van der Waals surface area (Å²) in [4.78, 5) is 21.1. The highest BCUT2D eigenvalue weighted by molar-refractivity contribution is 9.10. The number of hydrogen-bond donors (Lipinski definition) is 1. The average molecular weight is 302 g/mol. The van der Waals surface area contributed by atoms with Gasteiger partial charge in [0, 0.05) is 16.6 Å². The van der Waals surface area contributed by atoms with Gasteiger partial charge in [-0.25, -0.2) is 4.79 Å². The minimum absolute atomic E-state index is 0.112. The Hall–Kier alpha value is -1.89. The third-order valence-electron chi connectivity index (χ3n) is 1.88. The van der Waals surface area contributed by atoms with E-state index in [-0.39, 0.29) is 11.3 Å². The Morgan fingerprint density at radius 3 is 2.76 bits per heavy atom. The normalized spacial score (nSPS) is 11.1. The van der Waals surface area contributed by atoms with Crippen LogP contribution in [0.2, 0.25) is 0 Å². The maximum absolute atomic E-state index is 10.9. The molecule has 0 bridgehead atoms. The number of esters is 1. The Morgan fingerprint density at radius 1 is 1.59 bits per heavy atom. The van der Waals surface area contributed by atoms with E-state index in [1.165, 1.54) is 12.1 Å². The summed E-state index contributed by atoms with van der Waals surface area (Å²) in [5.41, 5.74) is -0.115. The lowest BCUT2D eigenvalue weighted by atomic mass is 10.1. The second kappa shape index (κ2) is 5.44. The van der Waals surface area contributed by atoms with Crippen molar-refractivity contribution in [2.75, 3.05) is 7.11 Å². The molecule has 0 unspecified atom stereocenters. The fourth-order valence-corrected chi connectivity index (χ4v) is 1.46. The molecule has 1 N–H and O–H groups in total. The number of carbonyl (C=O) groups excluding carboxylic acids is 1. The van der Waals surface area contributed by atoms with E-state index >= 15 is 0 Å². The van der Waals surface area contributed by atoms with Crippen molar-refractivity contribution in [3.8, 4) is 0 Å². The van der Waals surface area contributed by atoms with Crippen LogP contribution in [0.1, 0.15) is 5.56 Å². The Kier molecular flexibility index (Phi) is 4.22. The molecule has 0 fully saturated rings. The minimum atomic E-state index is -0.956. The van der Waals surface area contributed by atoms with Crippen LogP contribution in [0.3, 0.4) is 0 Å². The van der Waals surface area contributed by atoms with Crippen molar-refractivity contribution in [2.45, 2.75) is 0 Å². The van der Waals surface area contributed by atoms with Crippen LogP contribution in [-0.4, -0.2) is 23.1 Å². The first kappa shape index (κ1) is 13.2. The van der Waals surface area contributed by atoms with Gasteiger partial charge in [-0.15, -0.1) is 0 Å². The van der Waals surface area contributed by atoms with Crippen LogP contribution in [-0.2, 0) is 9.53 Å². The van der Waals surface area contributed by atoms with E-state index in [4.69, 9.17) is 0 Å². The molecule has 0 aliphatic rings. The molecule has 0 aliphatic heterocycles.